The van der Waals surface area contributed by atoms with Crippen LogP contribution in [0, 0.1) is 10.1 Å². The number of ether oxygens (including phenoxy) is 1. The summed E-state index contributed by atoms with van der Waals surface area (Å²) in [5.41, 5.74) is -1.45. The Bertz CT molecular complexity index is 532. The first-order valence-corrected chi connectivity index (χ1v) is 4.65. The van der Waals surface area contributed by atoms with Crippen molar-refractivity contribution in [2.75, 3.05) is 0 Å². The fourth-order valence-electron chi connectivity index (χ4n) is 1.32. The molecule has 1 N–H and O–H groups in total. The molecule has 90 valence electrons. The molecule has 0 fully saturated rings. The Morgan fingerprint density at radius 2 is 2.35 bits per heavy atom. The summed E-state index contributed by atoms with van der Waals surface area (Å²) in [7, 11) is 0. The van der Waals surface area contributed by atoms with Crippen LogP contribution >= 0.6 is 0 Å². The normalized spacial score (nSPS) is 9.71. The molecule has 0 aliphatic heterocycles. The number of H-pyrrole nitrogens is 1. The molecule has 0 saturated heterocycles. The van der Waals surface area contributed by atoms with Crippen LogP contribution in [0.3, 0.4) is 0 Å². The molecule has 1 aromatic heterocycles. The Kier molecular flexibility index (Phi) is 3.76. The second-order valence-corrected chi connectivity index (χ2v) is 3.15. The highest BCUT2D eigenvalue weighted by molar-refractivity contribution is 5.70. The predicted molar refractivity (Wildman–Crippen MR) is 58.9 cm³/mol. The van der Waals surface area contributed by atoms with E-state index in [0.29, 0.717) is 0 Å². The Hall–Kier alpha value is -2.44. The minimum atomic E-state index is -0.845. The average molecular weight is 238 g/mol. The average Bonchev–Trinajstić information content (AvgIpc) is 2.21. The molecule has 17 heavy (non-hydrogen) atoms. The highest BCUT2D eigenvalue weighted by atomic mass is 16.6. The van der Waals surface area contributed by atoms with Crippen molar-refractivity contribution in [3.63, 3.8) is 0 Å². The van der Waals surface area contributed by atoms with Crippen LogP contribution in [0.15, 0.2) is 23.6 Å². The first-order chi connectivity index (χ1) is 7.97. The molecular weight excluding hydrogens is 228 g/mol. The predicted octanol–water partition coefficient (Wildman–Crippen LogP) is 0.937. The van der Waals surface area contributed by atoms with E-state index >= 15 is 0 Å². The number of carbonyl (C=O) groups is 1. The Morgan fingerprint density at radius 3 is 2.82 bits per heavy atom. The first-order valence-electron chi connectivity index (χ1n) is 4.65. The fraction of sp³-hybridized carbons (Fsp3) is 0.200. The second kappa shape index (κ2) is 5.06. The van der Waals surface area contributed by atoms with Crippen molar-refractivity contribution in [1.82, 2.24) is 4.98 Å². The monoisotopic (exact) mass is 238 g/mol. The molecule has 0 atom stereocenters. The molecule has 0 spiro atoms. The van der Waals surface area contributed by atoms with Crippen molar-refractivity contribution in [2.24, 2.45) is 0 Å². The van der Waals surface area contributed by atoms with Crippen LogP contribution in [0.5, 0.6) is 5.75 Å². The van der Waals surface area contributed by atoms with Gasteiger partial charge in [-0.3, -0.25) is 19.7 Å². The molecule has 0 aliphatic rings. The van der Waals surface area contributed by atoms with Gasteiger partial charge in [0.15, 0.2) is 5.75 Å². The van der Waals surface area contributed by atoms with Gasteiger partial charge in [0.1, 0.15) is 0 Å². The van der Waals surface area contributed by atoms with E-state index in [4.69, 9.17) is 4.74 Å². The van der Waals surface area contributed by atoms with Crippen LogP contribution in [-0.4, -0.2) is 15.9 Å². The standard InChI is InChI=1S/C10H10N2O5/c1-3-4-7-8(17-6(2)13)5-11-10(14)9(7)12(15)16/h3,5H,1,4H2,2H3,(H,11,14). The van der Waals surface area contributed by atoms with Gasteiger partial charge in [-0.2, -0.15) is 0 Å². The molecular formula is C10H10N2O5. The van der Waals surface area contributed by atoms with Crippen LogP contribution in [0.1, 0.15) is 12.5 Å². The largest absolute Gasteiger partial charge is 0.425 e. The third-order valence-corrected chi connectivity index (χ3v) is 1.92. The van der Waals surface area contributed by atoms with Gasteiger partial charge < -0.3 is 9.72 Å². The smallest absolute Gasteiger partial charge is 0.341 e. The number of aromatic amines is 1. The summed E-state index contributed by atoms with van der Waals surface area (Å²) in [6.07, 6.45) is 2.56. The molecule has 0 unspecified atom stereocenters. The minimum Gasteiger partial charge on any atom is -0.425 e. The summed E-state index contributed by atoms with van der Waals surface area (Å²) in [4.78, 5) is 34.2. The zero-order valence-electron chi connectivity index (χ0n) is 9.06. The van der Waals surface area contributed by atoms with Crippen LogP contribution in [0.25, 0.3) is 0 Å². The third kappa shape index (κ3) is 2.77. The van der Waals surface area contributed by atoms with E-state index in [2.05, 4.69) is 11.6 Å². The molecule has 0 radical (unpaired) electrons. The maximum Gasteiger partial charge on any atom is 0.341 e. The van der Waals surface area contributed by atoms with Crippen molar-refractivity contribution < 1.29 is 14.5 Å². The van der Waals surface area contributed by atoms with Crippen molar-refractivity contribution >= 4 is 11.7 Å². The lowest BCUT2D eigenvalue weighted by Crippen LogP contribution is -2.16. The number of aromatic nitrogens is 1. The first kappa shape index (κ1) is 12.6. The maximum atomic E-state index is 11.3. The third-order valence-electron chi connectivity index (χ3n) is 1.92. The van der Waals surface area contributed by atoms with Gasteiger partial charge in [0.25, 0.3) is 0 Å². The SMILES string of the molecule is C=CCc1c(OC(C)=O)c[nH]c(=O)c1[N+](=O)[O-]. The topological polar surface area (TPSA) is 102 Å². The van der Waals surface area contributed by atoms with E-state index in [-0.39, 0.29) is 17.7 Å². The van der Waals surface area contributed by atoms with Crippen molar-refractivity contribution in [1.29, 1.82) is 0 Å². The number of esters is 1. The number of hydrogen-bond donors (Lipinski definition) is 1. The quantitative estimate of drug-likeness (QED) is 0.364. The van der Waals surface area contributed by atoms with Crippen LogP contribution < -0.4 is 10.3 Å². The number of carbonyl (C=O) groups excluding carboxylic acids is 1. The van der Waals surface area contributed by atoms with E-state index in [1.807, 2.05) is 0 Å². The lowest BCUT2D eigenvalue weighted by Gasteiger charge is -2.06. The Morgan fingerprint density at radius 1 is 1.71 bits per heavy atom. The fourth-order valence-corrected chi connectivity index (χ4v) is 1.32. The maximum absolute atomic E-state index is 11.3. The number of hydrogen-bond acceptors (Lipinski definition) is 5. The number of nitro groups is 1. The minimum absolute atomic E-state index is 0.0314. The van der Waals surface area contributed by atoms with Crippen LogP contribution in [0.2, 0.25) is 0 Å². The van der Waals surface area contributed by atoms with Crippen LogP contribution in [-0.2, 0) is 11.2 Å². The van der Waals surface area contributed by atoms with Gasteiger partial charge in [0, 0.05) is 19.5 Å². The molecule has 1 rings (SSSR count). The highest BCUT2D eigenvalue weighted by Gasteiger charge is 2.23. The van der Waals surface area contributed by atoms with E-state index in [1.165, 1.54) is 6.08 Å². The summed E-state index contributed by atoms with van der Waals surface area (Å²) in [6, 6.07) is 0. The molecule has 1 heterocycles. The Balaban J connectivity index is 3.46. The summed E-state index contributed by atoms with van der Waals surface area (Å²) in [5.74, 6) is -0.666. The van der Waals surface area contributed by atoms with E-state index in [1.54, 1.807) is 0 Å². The van der Waals surface area contributed by atoms with Crippen molar-refractivity contribution in [3.8, 4) is 5.75 Å². The van der Waals surface area contributed by atoms with E-state index in [9.17, 15) is 19.7 Å². The number of nitrogens with one attached hydrogen (secondary N) is 1. The van der Waals surface area contributed by atoms with Gasteiger partial charge in [0.2, 0.25) is 0 Å². The highest BCUT2D eigenvalue weighted by Crippen LogP contribution is 2.24. The van der Waals surface area contributed by atoms with Crippen molar-refractivity contribution in [3.05, 3.63) is 44.9 Å². The molecule has 0 bridgehead atoms. The van der Waals surface area contributed by atoms with Crippen LogP contribution in [0.4, 0.5) is 5.69 Å². The second-order valence-electron chi connectivity index (χ2n) is 3.15. The van der Waals surface area contributed by atoms with Gasteiger partial charge in [0.05, 0.1) is 10.5 Å². The summed E-state index contributed by atoms with van der Waals surface area (Å²) in [6.45, 7) is 4.59. The molecule has 7 heteroatoms. The molecule has 0 aliphatic carbocycles. The lowest BCUT2D eigenvalue weighted by molar-refractivity contribution is -0.387. The molecule has 7 nitrogen and oxygen atoms in total. The zero-order chi connectivity index (χ0) is 13.0. The van der Waals surface area contributed by atoms with Gasteiger partial charge in [-0.05, 0) is 0 Å². The van der Waals surface area contributed by atoms with Gasteiger partial charge in [-0.15, -0.1) is 6.58 Å². The Labute approximate surface area is 95.9 Å². The molecule has 0 amide bonds. The number of allylic oxidation sites excluding steroid dienone is 1. The molecule has 0 saturated carbocycles. The number of pyridine rings is 1. The van der Waals surface area contributed by atoms with Crippen molar-refractivity contribution in [2.45, 2.75) is 13.3 Å². The summed E-state index contributed by atoms with van der Waals surface area (Å²) >= 11 is 0. The molecule has 0 aromatic carbocycles. The van der Waals surface area contributed by atoms with Gasteiger partial charge in [-0.25, -0.2) is 0 Å². The number of rotatable bonds is 4. The zero-order valence-corrected chi connectivity index (χ0v) is 9.06. The molecule has 1 aromatic rings. The number of nitrogens with zero attached hydrogens (tertiary/aromatic N) is 1. The summed E-state index contributed by atoms with van der Waals surface area (Å²) < 4.78 is 4.78. The summed E-state index contributed by atoms with van der Waals surface area (Å²) in [5, 5.41) is 10.8. The van der Waals surface area contributed by atoms with Gasteiger partial charge >= 0.3 is 17.2 Å². The van der Waals surface area contributed by atoms with Gasteiger partial charge in [-0.1, -0.05) is 6.08 Å². The van der Waals surface area contributed by atoms with E-state index in [0.717, 1.165) is 13.1 Å². The lowest BCUT2D eigenvalue weighted by atomic mass is 10.1. The van der Waals surface area contributed by atoms with E-state index < -0.39 is 22.1 Å².